The first-order valence-corrected chi connectivity index (χ1v) is 5.98. The van der Waals surface area contributed by atoms with E-state index in [1.807, 2.05) is 0 Å². The number of nitrogens with two attached hydrogens (primary N) is 2. The molecule has 0 aliphatic carbocycles. The van der Waals surface area contributed by atoms with Gasteiger partial charge in [-0.15, -0.1) is 0 Å². The number of oxime groups is 2. The molecule has 21 heavy (non-hydrogen) atoms. The predicted octanol–water partition coefficient (Wildman–Crippen LogP) is 1.67. The number of nitrogens with zero attached hydrogens (tertiary/aromatic N) is 2. The van der Waals surface area contributed by atoms with Crippen LogP contribution in [0.4, 0.5) is 0 Å². The van der Waals surface area contributed by atoms with Gasteiger partial charge in [0.05, 0.1) is 0 Å². The van der Waals surface area contributed by atoms with Crippen molar-refractivity contribution in [2.24, 2.45) is 21.8 Å². The lowest BCUT2D eigenvalue weighted by Gasteiger charge is -2.07. The summed E-state index contributed by atoms with van der Waals surface area (Å²) in [5.74, 6) is 1.26. The van der Waals surface area contributed by atoms with Crippen molar-refractivity contribution >= 4 is 11.7 Å². The molecule has 0 radical (unpaired) electrons. The lowest BCUT2D eigenvalue weighted by Crippen LogP contribution is -2.12. The summed E-state index contributed by atoms with van der Waals surface area (Å²) in [7, 11) is 0. The van der Waals surface area contributed by atoms with Crippen molar-refractivity contribution in [1.82, 2.24) is 0 Å². The Morgan fingerprint density at radius 2 is 1.05 bits per heavy atom. The molecule has 0 saturated carbocycles. The Morgan fingerprint density at radius 1 is 0.714 bits per heavy atom. The Kier molecular flexibility index (Phi) is 4.25. The molecule has 0 aliphatic rings. The Hall–Kier alpha value is -3.22. The van der Waals surface area contributed by atoms with Crippen LogP contribution in [0.5, 0.6) is 11.5 Å². The van der Waals surface area contributed by atoms with Gasteiger partial charge in [0.2, 0.25) is 0 Å². The highest BCUT2D eigenvalue weighted by Crippen LogP contribution is 2.22. The molecule has 0 fully saturated rings. The minimum absolute atomic E-state index is 0.0321. The molecule has 0 heterocycles. The number of amidine groups is 2. The van der Waals surface area contributed by atoms with E-state index >= 15 is 0 Å². The van der Waals surface area contributed by atoms with Gasteiger partial charge in [-0.2, -0.15) is 0 Å². The smallest absolute Gasteiger partial charge is 0.170 e. The van der Waals surface area contributed by atoms with Gasteiger partial charge in [-0.1, -0.05) is 10.3 Å². The number of rotatable bonds is 4. The zero-order chi connectivity index (χ0) is 15.2. The standard InChI is InChI=1S/C14H14N4O3/c15-13(17-19)9-1-5-11(6-2-9)21-12-7-3-10(4-8-12)14(16)18-20/h1-8,19-20H,(H2,15,17)(H2,16,18). The van der Waals surface area contributed by atoms with Gasteiger partial charge in [-0.3, -0.25) is 0 Å². The SMILES string of the molecule is N/C(=N\O)c1ccc(Oc2ccc(/C(N)=N/O)cc2)cc1. The van der Waals surface area contributed by atoms with Gasteiger partial charge in [-0.25, -0.2) is 0 Å². The fourth-order valence-electron chi connectivity index (χ4n) is 1.64. The van der Waals surface area contributed by atoms with E-state index in [1.165, 1.54) is 0 Å². The van der Waals surface area contributed by atoms with E-state index in [9.17, 15) is 0 Å². The number of hydrogen-bond acceptors (Lipinski definition) is 5. The molecule has 2 rings (SSSR count). The van der Waals surface area contributed by atoms with Crippen LogP contribution in [0.2, 0.25) is 0 Å². The van der Waals surface area contributed by atoms with Crippen LogP contribution in [-0.4, -0.2) is 22.1 Å². The first kappa shape index (κ1) is 14.2. The summed E-state index contributed by atoms with van der Waals surface area (Å²) in [6, 6.07) is 13.5. The van der Waals surface area contributed by atoms with Crippen LogP contribution in [-0.2, 0) is 0 Å². The van der Waals surface area contributed by atoms with Crippen molar-refractivity contribution in [3.8, 4) is 11.5 Å². The van der Waals surface area contributed by atoms with Gasteiger partial charge >= 0.3 is 0 Å². The topological polar surface area (TPSA) is 126 Å². The molecule has 0 spiro atoms. The number of benzene rings is 2. The Balaban J connectivity index is 2.11. The molecular weight excluding hydrogens is 272 g/mol. The number of ether oxygens (including phenoxy) is 1. The van der Waals surface area contributed by atoms with E-state index in [-0.39, 0.29) is 11.7 Å². The van der Waals surface area contributed by atoms with E-state index in [2.05, 4.69) is 10.3 Å². The first-order chi connectivity index (χ1) is 10.1. The maximum absolute atomic E-state index is 8.58. The molecule has 0 aromatic heterocycles. The van der Waals surface area contributed by atoms with Crippen molar-refractivity contribution in [1.29, 1.82) is 0 Å². The Morgan fingerprint density at radius 3 is 1.33 bits per heavy atom. The summed E-state index contributed by atoms with van der Waals surface area (Å²) in [4.78, 5) is 0. The molecule has 108 valence electrons. The van der Waals surface area contributed by atoms with Gasteiger partial charge in [0.25, 0.3) is 0 Å². The molecule has 7 nitrogen and oxygen atoms in total. The normalized spacial score (nSPS) is 12.2. The molecule has 0 saturated heterocycles. The summed E-state index contributed by atoms with van der Waals surface area (Å²) >= 11 is 0. The third kappa shape index (κ3) is 3.41. The molecule has 0 unspecified atom stereocenters. The van der Waals surface area contributed by atoms with Crippen LogP contribution in [0, 0.1) is 0 Å². The van der Waals surface area contributed by atoms with Crippen LogP contribution in [0.1, 0.15) is 11.1 Å². The van der Waals surface area contributed by atoms with Gasteiger partial charge in [0.15, 0.2) is 11.7 Å². The van der Waals surface area contributed by atoms with E-state index in [4.69, 9.17) is 26.6 Å². The van der Waals surface area contributed by atoms with E-state index in [0.29, 0.717) is 22.6 Å². The highest BCUT2D eigenvalue weighted by atomic mass is 16.5. The van der Waals surface area contributed by atoms with Crippen LogP contribution in [0.25, 0.3) is 0 Å². The van der Waals surface area contributed by atoms with Crippen LogP contribution in [0.3, 0.4) is 0 Å². The second-order valence-electron chi connectivity index (χ2n) is 4.12. The molecule has 7 heteroatoms. The summed E-state index contributed by atoms with van der Waals surface area (Å²) in [5, 5.41) is 23.0. The molecule has 6 N–H and O–H groups in total. The fourth-order valence-corrected chi connectivity index (χ4v) is 1.64. The van der Waals surface area contributed by atoms with Crippen molar-refractivity contribution in [2.45, 2.75) is 0 Å². The molecule has 0 atom stereocenters. The highest BCUT2D eigenvalue weighted by molar-refractivity contribution is 5.97. The van der Waals surface area contributed by atoms with Crippen LogP contribution < -0.4 is 16.2 Å². The highest BCUT2D eigenvalue weighted by Gasteiger charge is 2.03. The monoisotopic (exact) mass is 286 g/mol. The second-order valence-corrected chi connectivity index (χ2v) is 4.12. The summed E-state index contributed by atoms with van der Waals surface area (Å²) in [6.45, 7) is 0. The van der Waals surface area contributed by atoms with Crippen molar-refractivity contribution in [3.05, 3.63) is 59.7 Å². The number of hydrogen-bond donors (Lipinski definition) is 4. The molecule has 0 aliphatic heterocycles. The fraction of sp³-hybridized carbons (Fsp3) is 0. The van der Waals surface area contributed by atoms with Crippen molar-refractivity contribution in [2.75, 3.05) is 0 Å². The Bertz CT molecular complexity index is 604. The van der Waals surface area contributed by atoms with Crippen LogP contribution >= 0.6 is 0 Å². The van der Waals surface area contributed by atoms with Gasteiger partial charge in [-0.05, 0) is 48.5 Å². The molecule has 2 aromatic rings. The minimum atomic E-state index is 0.0321. The third-order valence-electron chi connectivity index (χ3n) is 2.75. The van der Waals surface area contributed by atoms with Crippen molar-refractivity contribution in [3.63, 3.8) is 0 Å². The van der Waals surface area contributed by atoms with Crippen LogP contribution in [0.15, 0.2) is 58.8 Å². The summed E-state index contributed by atoms with van der Waals surface area (Å²) in [6.07, 6.45) is 0. The Labute approximate surface area is 120 Å². The zero-order valence-electron chi connectivity index (χ0n) is 11.0. The predicted molar refractivity (Wildman–Crippen MR) is 78.0 cm³/mol. The molecule has 0 bridgehead atoms. The van der Waals surface area contributed by atoms with Gasteiger partial charge in [0, 0.05) is 11.1 Å². The summed E-state index contributed by atoms with van der Waals surface area (Å²) < 4.78 is 5.63. The average Bonchev–Trinajstić information content (AvgIpc) is 2.55. The maximum Gasteiger partial charge on any atom is 0.170 e. The van der Waals surface area contributed by atoms with Gasteiger partial charge in [0.1, 0.15) is 11.5 Å². The molecular formula is C14H14N4O3. The van der Waals surface area contributed by atoms with E-state index in [0.717, 1.165) is 0 Å². The largest absolute Gasteiger partial charge is 0.457 e. The van der Waals surface area contributed by atoms with Crippen molar-refractivity contribution < 1.29 is 15.2 Å². The lowest BCUT2D eigenvalue weighted by atomic mass is 10.2. The zero-order valence-corrected chi connectivity index (χ0v) is 11.0. The third-order valence-corrected chi connectivity index (χ3v) is 2.75. The van der Waals surface area contributed by atoms with E-state index in [1.54, 1.807) is 48.5 Å². The molecule has 0 amide bonds. The minimum Gasteiger partial charge on any atom is -0.457 e. The first-order valence-electron chi connectivity index (χ1n) is 5.98. The maximum atomic E-state index is 8.58. The summed E-state index contributed by atoms with van der Waals surface area (Å²) in [5.41, 5.74) is 12.1. The second kappa shape index (κ2) is 6.29. The van der Waals surface area contributed by atoms with Gasteiger partial charge < -0.3 is 26.6 Å². The average molecular weight is 286 g/mol. The lowest BCUT2D eigenvalue weighted by molar-refractivity contribution is 0.318. The van der Waals surface area contributed by atoms with E-state index < -0.39 is 0 Å². The quantitative estimate of drug-likeness (QED) is 0.294. The molecule has 2 aromatic carbocycles.